The van der Waals surface area contributed by atoms with E-state index in [4.69, 9.17) is 15.0 Å². The van der Waals surface area contributed by atoms with Crippen molar-refractivity contribution in [1.82, 2.24) is 14.1 Å². The Kier molecular flexibility index (Phi) is 45.3. The van der Waals surface area contributed by atoms with Crippen LogP contribution in [0.15, 0.2) is 181 Å². The molecule has 0 bridgehead atoms. The van der Waals surface area contributed by atoms with Gasteiger partial charge in [0.05, 0.1) is 87.7 Å². The number of hydrogen-bond acceptors (Lipinski definition) is 14. The average molecular weight is 2140 g/mol. The third-order valence-corrected chi connectivity index (χ3v) is 19.9. The summed E-state index contributed by atoms with van der Waals surface area (Å²) in [6, 6.07) is 29.0. The lowest BCUT2D eigenvalue weighted by Gasteiger charge is -2.32. The smallest absolute Gasteiger partial charge is 0.399 e. The monoisotopic (exact) mass is 2130 g/mol. The predicted molar refractivity (Wildman–Crippen MR) is 511 cm³/mol. The molecule has 0 atom stereocenters. The summed E-state index contributed by atoms with van der Waals surface area (Å²) in [5, 5.41) is 23.3. The highest BCUT2D eigenvalue weighted by Crippen LogP contribution is 2.37. The molecular formula is C97H60BBr6F7N6O13. The number of halogens is 13. The summed E-state index contributed by atoms with van der Waals surface area (Å²) >= 11 is 17.9. The molecule has 7 aromatic carbocycles. The Morgan fingerprint density at radius 2 is 0.762 bits per heavy atom. The lowest BCUT2D eigenvalue weighted by molar-refractivity contribution is -0.385. The molecule has 0 unspecified atom stereocenters. The van der Waals surface area contributed by atoms with Crippen molar-refractivity contribution in [2.75, 3.05) is 5.73 Å². The van der Waals surface area contributed by atoms with Gasteiger partial charge in [-0.15, -0.1) is 0 Å². The first-order chi connectivity index (χ1) is 61.5. The third kappa shape index (κ3) is 36.1. The molecule has 0 saturated carbocycles. The molecule has 4 heterocycles. The molecule has 11 rings (SSSR count). The zero-order chi connectivity index (χ0) is 97.0. The number of nitro benzene ring substituents is 2. The summed E-state index contributed by atoms with van der Waals surface area (Å²) in [5.74, 6) is 61.9. The van der Waals surface area contributed by atoms with Crippen LogP contribution in [0, 0.1) is 215 Å². The maximum atomic E-state index is 14.5. The number of carbonyl (C=O) groups is 4. The highest BCUT2D eigenvalue weighted by atomic mass is 79.9. The fraction of sp³-hybridized carbons (Fsp3) is 0.124. The van der Waals surface area contributed by atoms with Crippen molar-refractivity contribution in [3.63, 3.8) is 0 Å². The van der Waals surface area contributed by atoms with E-state index < -0.39 is 57.1 Å². The van der Waals surface area contributed by atoms with Crippen LogP contribution < -0.4 is 27.9 Å². The third-order valence-electron chi connectivity index (χ3n) is 16.2. The summed E-state index contributed by atoms with van der Waals surface area (Å²) in [7, 11) is 2.49. The zero-order valence-corrected chi connectivity index (χ0v) is 78.8. The number of allylic oxidation sites excluding steroid dienone is 2. The molecule has 650 valence electrons. The molecule has 130 heavy (non-hydrogen) atoms. The predicted octanol–water partition coefficient (Wildman–Crippen LogP) is 18.5. The van der Waals surface area contributed by atoms with Gasteiger partial charge in [0.25, 0.3) is 22.5 Å². The number of nitrogens with one attached hydrogen (secondary N) is 1. The molecule has 10 aromatic rings. The fourth-order valence-corrected chi connectivity index (χ4v) is 11.5. The van der Waals surface area contributed by atoms with Gasteiger partial charge in [-0.2, -0.15) is 0 Å². The van der Waals surface area contributed by atoms with Gasteiger partial charge >= 0.3 is 7.12 Å². The van der Waals surface area contributed by atoms with Gasteiger partial charge in [0, 0.05) is 96.4 Å². The second kappa shape index (κ2) is 54.6. The van der Waals surface area contributed by atoms with Crippen LogP contribution in [0.1, 0.15) is 87.2 Å². The molecule has 0 radical (unpaired) electrons. The van der Waals surface area contributed by atoms with Gasteiger partial charge in [-0.3, -0.25) is 53.8 Å². The van der Waals surface area contributed by atoms with Crippen LogP contribution in [0.25, 0.3) is 44.9 Å². The first-order valence-electron chi connectivity index (χ1n) is 36.2. The first-order valence-corrected chi connectivity index (χ1v) is 40.9. The van der Waals surface area contributed by atoms with Crippen molar-refractivity contribution in [1.29, 1.82) is 0 Å². The van der Waals surface area contributed by atoms with E-state index in [9.17, 15) is 84.5 Å². The van der Waals surface area contributed by atoms with Gasteiger partial charge in [-0.25, -0.2) is 30.7 Å². The lowest BCUT2D eigenvalue weighted by Crippen LogP contribution is -2.41. The molecule has 0 aliphatic carbocycles. The minimum atomic E-state index is -0.806. The van der Waals surface area contributed by atoms with E-state index in [-0.39, 0.29) is 71.5 Å². The maximum absolute atomic E-state index is 14.5. The Bertz CT molecular complexity index is 7210. The van der Waals surface area contributed by atoms with E-state index in [1.165, 1.54) is 114 Å². The number of aromatic amines is 1. The number of nitro groups is 2. The number of carbonyl (C=O) groups excluding carboxylic acids is 4. The molecule has 1 saturated heterocycles. The van der Waals surface area contributed by atoms with Crippen LogP contribution in [0.3, 0.4) is 0 Å². The van der Waals surface area contributed by atoms with Crippen LogP contribution in [0.2, 0.25) is 0 Å². The Balaban J connectivity index is 0.000000317. The Morgan fingerprint density at radius 3 is 1.16 bits per heavy atom. The summed E-state index contributed by atoms with van der Waals surface area (Å²) in [6.07, 6.45) is 6.39. The van der Waals surface area contributed by atoms with E-state index in [0.29, 0.717) is 75.4 Å². The molecule has 0 spiro atoms. The first kappa shape index (κ1) is 108. The molecule has 3 aromatic heterocycles. The summed E-state index contributed by atoms with van der Waals surface area (Å²) in [6.45, 7) is 13.9. The number of anilines is 1. The number of ketones is 2. The number of H-pyrrole nitrogens is 1. The van der Waals surface area contributed by atoms with Gasteiger partial charge < -0.3 is 29.2 Å². The second-order valence-corrected chi connectivity index (χ2v) is 31.0. The minimum absolute atomic E-state index is 0.0280. The number of benzene rings is 7. The molecule has 0 amide bonds. The van der Waals surface area contributed by atoms with Crippen molar-refractivity contribution in [3.8, 4) is 154 Å². The molecular weight excluding hydrogens is 2080 g/mol. The van der Waals surface area contributed by atoms with Crippen LogP contribution in [-0.4, -0.2) is 66.4 Å². The van der Waals surface area contributed by atoms with Crippen LogP contribution in [0.5, 0.6) is 0 Å². The summed E-state index contributed by atoms with van der Waals surface area (Å²) in [4.78, 5) is 97.6. The maximum Gasteiger partial charge on any atom is 0.497 e. The Labute approximate surface area is 792 Å². The number of aryl methyl sites for hydroxylation is 2. The number of hydrogen-bond donors (Lipinski definition) is 2. The topological polar surface area (TPSA) is 276 Å². The van der Waals surface area contributed by atoms with Crippen molar-refractivity contribution < 1.29 is 69.1 Å². The largest absolute Gasteiger partial charge is 0.497 e. The number of pyridine rings is 3. The highest BCUT2D eigenvalue weighted by molar-refractivity contribution is 9.11. The van der Waals surface area contributed by atoms with Gasteiger partial charge in [-0.1, -0.05) is 17.9 Å². The van der Waals surface area contributed by atoms with Gasteiger partial charge in [0.15, 0.2) is 17.9 Å². The summed E-state index contributed by atoms with van der Waals surface area (Å²) in [5.41, 5.74) is 6.47. The van der Waals surface area contributed by atoms with E-state index in [1.807, 2.05) is 27.7 Å². The average Bonchev–Trinajstić information content (AvgIpc) is 1.44. The summed E-state index contributed by atoms with van der Waals surface area (Å²) < 4.78 is 108. The Morgan fingerprint density at radius 1 is 0.423 bits per heavy atom. The number of fused-ring (bicyclic) bond motifs is 3. The minimum Gasteiger partial charge on any atom is -0.399 e. The number of nitrogen functional groups attached to an aromatic ring is 1. The molecule has 33 heteroatoms. The molecule has 1 aliphatic heterocycles. The van der Waals surface area contributed by atoms with E-state index in [0.717, 1.165) is 28.3 Å². The van der Waals surface area contributed by atoms with E-state index in [1.54, 1.807) is 70.4 Å². The molecule has 3 N–H and O–H groups in total. The SMILES string of the molecule is CC#CC#CC#CC#CC#CC#CC#CC#CC#CC#CC#CC#CC#CC.CC(=O)/C=C/c1cc(Br)c(F)cc1N.CC(=O)/C=C/c1cc(Br)c(F)cc1[N+](=O)[O-].Cn1c(=O)ccc2cc(B3OC(C)(C)C(C)(C)O3)c(F)cc21.Cn1c(=O)ccc2cc(Br)c(F)cc21.O=Cc1cc(Br)c(F)cc1[N+](=O)[O-].O=Cc1ccc(F)c(Br)c1.O=c1ccc2cc(Br)c(F)cc2[nH]1. The van der Waals surface area contributed by atoms with Crippen molar-refractivity contribution >= 4 is 194 Å². The number of nitrogens with two attached hydrogens (primary N) is 1. The lowest BCUT2D eigenvalue weighted by atomic mass is 9.78. The number of rotatable bonds is 9. The van der Waals surface area contributed by atoms with Crippen molar-refractivity contribution in [3.05, 3.63) is 281 Å². The van der Waals surface area contributed by atoms with Crippen molar-refractivity contribution in [2.45, 2.75) is 66.6 Å². The quantitative estimate of drug-likeness (QED) is 0.0199. The Hall–Kier alpha value is -14.4. The number of nitrogens with zero attached hydrogens (tertiary/aromatic N) is 4. The van der Waals surface area contributed by atoms with Gasteiger partial charge in [-0.05, 0) is 383 Å². The zero-order valence-electron chi connectivity index (χ0n) is 69.3. The normalized spacial score (nSPS) is 10.6. The number of aromatic nitrogens is 3. The second-order valence-electron chi connectivity index (χ2n) is 25.8. The van der Waals surface area contributed by atoms with Gasteiger partial charge in [0.2, 0.25) is 5.56 Å². The van der Waals surface area contributed by atoms with Crippen LogP contribution in [0.4, 0.5) is 47.8 Å². The highest BCUT2D eigenvalue weighted by Gasteiger charge is 2.52. The van der Waals surface area contributed by atoms with Gasteiger partial charge in [0.1, 0.15) is 47.0 Å². The van der Waals surface area contributed by atoms with Crippen molar-refractivity contribution in [2.24, 2.45) is 14.1 Å². The standard InChI is InChI=1S/C28H6.C16H19BFNO3.C10H7BrFNO3.C10H7BrFNO.C10H9BrFNO.C9H5BrFNO.C7H3BrFNO3.C7H4BrFO/c1-3-5-7-9-11-13-15-17-19-21-23-25-27-28-26-24-22-20-18-16-14-12-10-8-6-4-2;1-15(2)16(3,4)22-17(21-15)11-8-10-6-7-14(20)19(5)13(10)9-12(11)18;1-6(14)2-3-7-4-8(11)9(12)5-10(7)13(15)16;1-13-9-5-8(12)7(11)4-6(9)2-3-10(13)14;1-6(14)2-3-7-4-8(11)9(12)5-10(7)13;10-6-3-5-1-2-9(13)12-8(5)4-7(6)11;8-5-1-4(3-11)7(10(12)13)2-6(5)9;8-6-3-5(4-10)1-2-7(6)9/h1-2H3;6-9H,1-5H3;2-5H,1H3;2-5H,1H3;2-5H,13H2,1H3;1-4H,(H,12,13);1-3H;1-4H/b;;3-2+;;3-2+;;;. The van der Waals surface area contributed by atoms with Crippen LogP contribution >= 0.6 is 95.6 Å². The molecule has 1 aliphatic rings. The molecule has 1 fully saturated rings. The fourth-order valence-electron chi connectivity index (χ4n) is 9.26. The van der Waals surface area contributed by atoms with E-state index >= 15 is 0 Å². The molecule has 19 nitrogen and oxygen atoms in total. The van der Waals surface area contributed by atoms with E-state index in [2.05, 4.69) is 254 Å². The number of aldehydes is 2. The van der Waals surface area contributed by atoms with Crippen LogP contribution in [-0.2, 0) is 33.0 Å².